The van der Waals surface area contributed by atoms with Crippen LogP contribution in [0.2, 0.25) is 0 Å². The highest BCUT2D eigenvalue weighted by atomic mass is 19.2. The Kier molecular flexibility index (Phi) is 6.60. The normalized spacial score (nSPS) is 12.4. The summed E-state index contributed by atoms with van der Waals surface area (Å²) in [5.41, 5.74) is 1.27. The zero-order valence-corrected chi connectivity index (χ0v) is 13.3. The molecule has 24 heavy (non-hydrogen) atoms. The first-order valence-electron chi connectivity index (χ1n) is 7.48. The zero-order chi connectivity index (χ0) is 17.5. The molecular formula is C17H20F2N2O3. The minimum atomic E-state index is -0.928. The number of halogens is 2. The number of benzene rings is 1. The summed E-state index contributed by atoms with van der Waals surface area (Å²) < 4.78 is 31.5. The topological polar surface area (TPSA) is 65.8 Å². The Morgan fingerprint density at radius 1 is 1.17 bits per heavy atom. The first-order chi connectivity index (χ1) is 11.6. The maximum atomic E-state index is 13.4. The molecule has 2 N–H and O–H groups in total. The lowest BCUT2D eigenvalue weighted by atomic mass is 10.1. The number of aliphatic hydroxyl groups is 2. The number of ether oxygens (including phenoxy) is 1. The van der Waals surface area contributed by atoms with Crippen molar-refractivity contribution in [3.05, 3.63) is 59.3 Å². The molecule has 130 valence electrons. The van der Waals surface area contributed by atoms with Crippen molar-refractivity contribution in [2.24, 2.45) is 0 Å². The standard InChI is InChI=1S/C17H20F2N2O3/c1-24-17-5-3-13(9-20-17)16(11-23)21(6-7-22)10-12-2-4-14(18)15(19)8-12/h2-5,8-9,16,22-23H,6-7,10-11H2,1H3. The Hall–Kier alpha value is -2.09. The number of aromatic nitrogens is 1. The molecule has 1 atom stereocenters. The van der Waals surface area contributed by atoms with Gasteiger partial charge >= 0.3 is 0 Å². The highest BCUT2D eigenvalue weighted by Crippen LogP contribution is 2.23. The third kappa shape index (κ3) is 4.47. The maximum Gasteiger partial charge on any atom is 0.212 e. The van der Waals surface area contributed by atoms with Crippen molar-refractivity contribution in [3.8, 4) is 5.88 Å². The van der Waals surface area contributed by atoms with Crippen LogP contribution in [0.5, 0.6) is 5.88 Å². The number of methoxy groups -OCH3 is 1. The molecule has 0 aliphatic carbocycles. The van der Waals surface area contributed by atoms with Gasteiger partial charge in [0, 0.05) is 25.4 Å². The van der Waals surface area contributed by atoms with Crippen LogP contribution >= 0.6 is 0 Å². The van der Waals surface area contributed by atoms with Crippen LogP contribution in [-0.4, -0.2) is 47.0 Å². The molecule has 0 saturated carbocycles. The van der Waals surface area contributed by atoms with Crippen molar-refractivity contribution in [2.75, 3.05) is 26.9 Å². The van der Waals surface area contributed by atoms with Crippen LogP contribution in [0.4, 0.5) is 8.78 Å². The summed E-state index contributed by atoms with van der Waals surface area (Å²) in [6.07, 6.45) is 1.58. The van der Waals surface area contributed by atoms with Gasteiger partial charge in [0.15, 0.2) is 11.6 Å². The summed E-state index contributed by atoms with van der Waals surface area (Å²) >= 11 is 0. The summed E-state index contributed by atoms with van der Waals surface area (Å²) in [6.45, 7) is 0.159. The highest BCUT2D eigenvalue weighted by molar-refractivity contribution is 5.22. The van der Waals surface area contributed by atoms with E-state index in [9.17, 15) is 19.0 Å². The molecule has 5 nitrogen and oxygen atoms in total. The van der Waals surface area contributed by atoms with Gasteiger partial charge in [-0.05, 0) is 23.3 Å². The smallest absolute Gasteiger partial charge is 0.212 e. The Bertz CT molecular complexity index is 653. The Morgan fingerprint density at radius 2 is 1.96 bits per heavy atom. The van der Waals surface area contributed by atoms with E-state index in [1.54, 1.807) is 23.2 Å². The second kappa shape index (κ2) is 8.68. The summed E-state index contributed by atoms with van der Waals surface area (Å²) in [5, 5.41) is 19.1. The average Bonchev–Trinajstić information content (AvgIpc) is 2.59. The minimum Gasteiger partial charge on any atom is -0.481 e. The molecular weight excluding hydrogens is 318 g/mol. The van der Waals surface area contributed by atoms with Gasteiger partial charge in [-0.2, -0.15) is 0 Å². The molecule has 1 aromatic carbocycles. The van der Waals surface area contributed by atoms with E-state index in [-0.39, 0.29) is 26.3 Å². The van der Waals surface area contributed by atoms with Crippen LogP contribution in [0.3, 0.4) is 0 Å². The van der Waals surface area contributed by atoms with E-state index in [2.05, 4.69) is 4.98 Å². The zero-order valence-electron chi connectivity index (χ0n) is 13.3. The quantitative estimate of drug-likeness (QED) is 0.770. The number of hydrogen-bond acceptors (Lipinski definition) is 5. The first-order valence-corrected chi connectivity index (χ1v) is 7.48. The van der Waals surface area contributed by atoms with Gasteiger partial charge in [-0.25, -0.2) is 13.8 Å². The number of aliphatic hydroxyl groups excluding tert-OH is 2. The summed E-state index contributed by atoms with van der Waals surface area (Å²) in [5.74, 6) is -1.39. The molecule has 0 amide bonds. The lowest BCUT2D eigenvalue weighted by molar-refractivity contribution is 0.0950. The minimum absolute atomic E-state index is 0.135. The van der Waals surface area contributed by atoms with Crippen LogP contribution in [-0.2, 0) is 6.54 Å². The van der Waals surface area contributed by atoms with E-state index in [1.165, 1.54) is 13.2 Å². The molecule has 1 unspecified atom stereocenters. The Balaban J connectivity index is 2.23. The summed E-state index contributed by atoms with van der Waals surface area (Å²) in [4.78, 5) is 5.88. The molecule has 1 heterocycles. The molecule has 0 fully saturated rings. The van der Waals surface area contributed by atoms with Crippen molar-refractivity contribution in [3.63, 3.8) is 0 Å². The van der Waals surface area contributed by atoms with Gasteiger partial charge in [0.05, 0.1) is 26.4 Å². The number of rotatable bonds is 8. The molecule has 0 bridgehead atoms. The van der Waals surface area contributed by atoms with E-state index in [0.717, 1.165) is 17.7 Å². The highest BCUT2D eigenvalue weighted by Gasteiger charge is 2.20. The van der Waals surface area contributed by atoms with Gasteiger partial charge in [0.1, 0.15) is 0 Å². The summed E-state index contributed by atoms with van der Waals surface area (Å²) in [6, 6.07) is 6.65. The third-order valence-electron chi connectivity index (χ3n) is 3.72. The SMILES string of the molecule is COc1ccc(C(CO)N(CCO)Cc2ccc(F)c(F)c2)cn1. The largest absolute Gasteiger partial charge is 0.481 e. The summed E-state index contributed by atoms with van der Waals surface area (Å²) in [7, 11) is 1.51. The average molecular weight is 338 g/mol. The van der Waals surface area contributed by atoms with Gasteiger partial charge in [-0.15, -0.1) is 0 Å². The van der Waals surface area contributed by atoms with Gasteiger partial charge in [-0.1, -0.05) is 12.1 Å². The van der Waals surface area contributed by atoms with Crippen molar-refractivity contribution >= 4 is 0 Å². The number of pyridine rings is 1. The van der Waals surface area contributed by atoms with E-state index in [1.807, 2.05) is 0 Å². The number of nitrogens with zero attached hydrogens (tertiary/aromatic N) is 2. The Labute approximate surface area is 139 Å². The van der Waals surface area contributed by atoms with E-state index >= 15 is 0 Å². The second-order valence-corrected chi connectivity index (χ2v) is 5.27. The van der Waals surface area contributed by atoms with Crippen LogP contribution < -0.4 is 4.74 Å². The molecule has 1 aromatic heterocycles. The molecule has 0 spiro atoms. The van der Waals surface area contributed by atoms with Crippen LogP contribution in [0.1, 0.15) is 17.2 Å². The molecule has 2 aromatic rings. The van der Waals surface area contributed by atoms with Crippen molar-refractivity contribution < 1.29 is 23.7 Å². The predicted molar refractivity (Wildman–Crippen MR) is 84.5 cm³/mol. The molecule has 0 aliphatic rings. The fourth-order valence-corrected chi connectivity index (χ4v) is 2.49. The lowest BCUT2D eigenvalue weighted by Gasteiger charge is -2.30. The maximum absolute atomic E-state index is 13.4. The first kappa shape index (κ1) is 18.3. The fraction of sp³-hybridized carbons (Fsp3) is 0.353. The Morgan fingerprint density at radius 3 is 2.50 bits per heavy atom. The van der Waals surface area contributed by atoms with Crippen LogP contribution in [0.15, 0.2) is 36.5 Å². The van der Waals surface area contributed by atoms with Gasteiger partial charge in [-0.3, -0.25) is 4.90 Å². The van der Waals surface area contributed by atoms with E-state index in [0.29, 0.717) is 11.4 Å². The number of hydrogen-bond donors (Lipinski definition) is 2. The van der Waals surface area contributed by atoms with E-state index < -0.39 is 17.7 Å². The van der Waals surface area contributed by atoms with Crippen molar-refractivity contribution in [1.82, 2.24) is 9.88 Å². The third-order valence-corrected chi connectivity index (χ3v) is 3.72. The molecule has 0 radical (unpaired) electrons. The predicted octanol–water partition coefficient (Wildman–Crippen LogP) is 1.90. The van der Waals surface area contributed by atoms with Crippen LogP contribution in [0.25, 0.3) is 0 Å². The van der Waals surface area contributed by atoms with Gasteiger partial charge in [0.25, 0.3) is 0 Å². The second-order valence-electron chi connectivity index (χ2n) is 5.27. The molecule has 7 heteroatoms. The monoisotopic (exact) mass is 338 g/mol. The van der Waals surface area contributed by atoms with Crippen molar-refractivity contribution in [1.29, 1.82) is 0 Å². The molecule has 0 aliphatic heterocycles. The van der Waals surface area contributed by atoms with E-state index in [4.69, 9.17) is 4.74 Å². The molecule has 2 rings (SSSR count). The van der Waals surface area contributed by atoms with Crippen molar-refractivity contribution in [2.45, 2.75) is 12.6 Å². The lowest BCUT2D eigenvalue weighted by Crippen LogP contribution is -2.33. The van der Waals surface area contributed by atoms with Gasteiger partial charge < -0.3 is 14.9 Å². The fourth-order valence-electron chi connectivity index (χ4n) is 2.49. The van der Waals surface area contributed by atoms with Gasteiger partial charge in [0.2, 0.25) is 5.88 Å². The van der Waals surface area contributed by atoms with Crippen LogP contribution in [0, 0.1) is 11.6 Å². The molecule has 0 saturated heterocycles.